The number of carbonyl (C=O) groups is 2. The van der Waals surface area contributed by atoms with Crippen molar-refractivity contribution >= 4 is 28.5 Å². The number of fused-ring (bicyclic) bond motifs is 1. The monoisotopic (exact) mass is 376 g/mol. The van der Waals surface area contributed by atoms with Crippen molar-refractivity contribution in [3.05, 3.63) is 72.4 Å². The SMILES string of the molecule is CC[C@H](C)[C@@H](C(=O)OCC(=O)Nc1cccc2ncccc12)c1ccccc1. The maximum Gasteiger partial charge on any atom is 0.314 e. The van der Waals surface area contributed by atoms with Crippen molar-refractivity contribution in [2.24, 2.45) is 5.92 Å². The molecule has 28 heavy (non-hydrogen) atoms. The number of nitrogens with zero attached hydrogens (tertiary/aromatic N) is 1. The Morgan fingerprint density at radius 3 is 2.57 bits per heavy atom. The third-order valence-corrected chi connectivity index (χ3v) is 4.89. The summed E-state index contributed by atoms with van der Waals surface area (Å²) in [7, 11) is 0. The lowest BCUT2D eigenvalue weighted by Crippen LogP contribution is -2.27. The van der Waals surface area contributed by atoms with E-state index in [1.54, 1.807) is 12.3 Å². The molecule has 0 aliphatic carbocycles. The standard InChI is InChI=1S/C23H24N2O3/c1-3-16(2)22(17-9-5-4-6-10-17)23(27)28-15-21(26)25-20-13-7-12-19-18(20)11-8-14-24-19/h4-14,16,22H,3,15H2,1-2H3,(H,25,26)/t16-,22+/m0/s1. The van der Waals surface area contributed by atoms with Crippen molar-refractivity contribution in [3.8, 4) is 0 Å². The van der Waals surface area contributed by atoms with E-state index in [1.165, 1.54) is 0 Å². The molecule has 0 bridgehead atoms. The van der Waals surface area contributed by atoms with Gasteiger partial charge in [-0.3, -0.25) is 14.6 Å². The van der Waals surface area contributed by atoms with Crippen LogP contribution in [0.5, 0.6) is 0 Å². The van der Waals surface area contributed by atoms with Crippen LogP contribution in [-0.2, 0) is 14.3 Å². The average Bonchev–Trinajstić information content (AvgIpc) is 2.73. The number of carbonyl (C=O) groups excluding carboxylic acids is 2. The minimum absolute atomic E-state index is 0.113. The van der Waals surface area contributed by atoms with Gasteiger partial charge in [-0.1, -0.05) is 56.7 Å². The Morgan fingerprint density at radius 1 is 1.04 bits per heavy atom. The minimum Gasteiger partial charge on any atom is -0.455 e. The van der Waals surface area contributed by atoms with E-state index in [0.29, 0.717) is 5.69 Å². The number of pyridine rings is 1. The number of anilines is 1. The molecular formula is C23H24N2O3. The lowest BCUT2D eigenvalue weighted by molar-refractivity contribution is -0.150. The highest BCUT2D eigenvalue weighted by Gasteiger charge is 2.27. The lowest BCUT2D eigenvalue weighted by atomic mass is 9.86. The van der Waals surface area contributed by atoms with Gasteiger partial charge in [-0.05, 0) is 35.7 Å². The number of benzene rings is 2. The normalized spacial score (nSPS) is 12.9. The van der Waals surface area contributed by atoms with E-state index < -0.39 is 0 Å². The van der Waals surface area contributed by atoms with Crippen LogP contribution in [0.1, 0.15) is 31.7 Å². The Balaban J connectivity index is 1.66. The smallest absolute Gasteiger partial charge is 0.314 e. The highest BCUT2D eigenvalue weighted by Crippen LogP contribution is 2.28. The summed E-state index contributed by atoms with van der Waals surface area (Å²) in [5.74, 6) is -1.03. The van der Waals surface area contributed by atoms with Gasteiger partial charge in [0.2, 0.25) is 0 Å². The Kier molecular flexibility index (Phi) is 6.37. The molecule has 0 aliphatic heterocycles. The summed E-state index contributed by atoms with van der Waals surface area (Å²) >= 11 is 0. The number of nitrogens with one attached hydrogen (secondary N) is 1. The fraction of sp³-hybridized carbons (Fsp3) is 0.261. The zero-order valence-corrected chi connectivity index (χ0v) is 16.1. The van der Waals surface area contributed by atoms with Crippen LogP contribution >= 0.6 is 0 Å². The van der Waals surface area contributed by atoms with E-state index in [9.17, 15) is 9.59 Å². The van der Waals surface area contributed by atoms with Crippen molar-refractivity contribution in [1.29, 1.82) is 0 Å². The van der Waals surface area contributed by atoms with E-state index in [2.05, 4.69) is 10.3 Å². The molecule has 0 saturated heterocycles. The van der Waals surface area contributed by atoms with Gasteiger partial charge in [-0.15, -0.1) is 0 Å². The maximum absolute atomic E-state index is 12.7. The molecule has 1 aromatic heterocycles. The third-order valence-electron chi connectivity index (χ3n) is 4.89. The number of rotatable bonds is 7. The van der Waals surface area contributed by atoms with Gasteiger partial charge in [-0.25, -0.2) is 0 Å². The van der Waals surface area contributed by atoms with Gasteiger partial charge >= 0.3 is 5.97 Å². The number of hydrogen-bond donors (Lipinski definition) is 1. The summed E-state index contributed by atoms with van der Waals surface area (Å²) in [5, 5.41) is 3.65. The van der Waals surface area contributed by atoms with Gasteiger partial charge in [0.05, 0.1) is 17.1 Å². The third kappa shape index (κ3) is 4.55. The van der Waals surface area contributed by atoms with Crippen LogP contribution < -0.4 is 5.32 Å². The Hall–Kier alpha value is -3.21. The summed E-state index contributed by atoms with van der Waals surface area (Å²) in [5.41, 5.74) is 2.34. The van der Waals surface area contributed by atoms with Crippen molar-refractivity contribution in [2.45, 2.75) is 26.2 Å². The molecule has 3 rings (SSSR count). The summed E-state index contributed by atoms with van der Waals surface area (Å²) in [6.45, 7) is 3.73. The zero-order valence-electron chi connectivity index (χ0n) is 16.1. The predicted octanol–water partition coefficient (Wildman–Crippen LogP) is 4.55. The van der Waals surface area contributed by atoms with Crippen molar-refractivity contribution in [2.75, 3.05) is 11.9 Å². The molecule has 5 nitrogen and oxygen atoms in total. The minimum atomic E-state index is -0.388. The largest absolute Gasteiger partial charge is 0.455 e. The number of amides is 1. The molecule has 0 aliphatic rings. The molecule has 1 amide bonds. The molecule has 2 aromatic carbocycles. The molecule has 5 heteroatoms. The zero-order chi connectivity index (χ0) is 19.9. The highest BCUT2D eigenvalue weighted by atomic mass is 16.5. The number of esters is 1. The molecule has 1 N–H and O–H groups in total. The summed E-state index contributed by atoms with van der Waals surface area (Å²) in [6, 6.07) is 18.8. The first-order valence-electron chi connectivity index (χ1n) is 9.45. The first-order valence-corrected chi connectivity index (χ1v) is 9.45. The number of hydrogen-bond acceptors (Lipinski definition) is 4. The number of aromatic nitrogens is 1. The van der Waals surface area contributed by atoms with Crippen LogP contribution in [0, 0.1) is 5.92 Å². The van der Waals surface area contributed by atoms with Gasteiger partial charge in [0, 0.05) is 11.6 Å². The molecule has 3 aromatic rings. The fourth-order valence-electron chi connectivity index (χ4n) is 3.22. The van der Waals surface area contributed by atoms with Gasteiger partial charge < -0.3 is 10.1 Å². The Labute approximate surface area is 164 Å². The molecule has 2 atom stereocenters. The van der Waals surface area contributed by atoms with Gasteiger partial charge in [0.25, 0.3) is 5.91 Å². The van der Waals surface area contributed by atoms with E-state index in [1.807, 2.05) is 68.4 Å². The first kappa shape index (κ1) is 19.5. The number of ether oxygens (including phenoxy) is 1. The molecular weight excluding hydrogens is 352 g/mol. The molecule has 0 unspecified atom stereocenters. The molecule has 144 valence electrons. The second-order valence-corrected chi connectivity index (χ2v) is 6.81. The second kappa shape index (κ2) is 9.13. The van der Waals surface area contributed by atoms with Crippen LogP contribution in [0.25, 0.3) is 10.9 Å². The quantitative estimate of drug-likeness (QED) is 0.615. The molecule has 0 radical (unpaired) electrons. The van der Waals surface area contributed by atoms with E-state index in [0.717, 1.165) is 22.9 Å². The second-order valence-electron chi connectivity index (χ2n) is 6.81. The first-order chi connectivity index (χ1) is 13.6. The van der Waals surface area contributed by atoms with Crippen LogP contribution in [0.2, 0.25) is 0 Å². The maximum atomic E-state index is 12.7. The fourth-order valence-corrected chi connectivity index (χ4v) is 3.22. The summed E-state index contributed by atoms with van der Waals surface area (Å²) in [4.78, 5) is 29.3. The summed E-state index contributed by atoms with van der Waals surface area (Å²) in [6.07, 6.45) is 2.54. The van der Waals surface area contributed by atoms with Crippen molar-refractivity contribution in [1.82, 2.24) is 4.98 Å². The molecule has 0 fully saturated rings. The van der Waals surface area contributed by atoms with Crippen molar-refractivity contribution < 1.29 is 14.3 Å². The van der Waals surface area contributed by atoms with Crippen LogP contribution in [0.15, 0.2) is 66.9 Å². The lowest BCUT2D eigenvalue weighted by Gasteiger charge is -2.21. The molecule has 0 spiro atoms. The predicted molar refractivity (Wildman–Crippen MR) is 110 cm³/mol. The topological polar surface area (TPSA) is 68.3 Å². The average molecular weight is 376 g/mol. The summed E-state index contributed by atoms with van der Waals surface area (Å²) < 4.78 is 5.36. The van der Waals surface area contributed by atoms with Crippen molar-refractivity contribution in [3.63, 3.8) is 0 Å². The Morgan fingerprint density at radius 2 is 1.82 bits per heavy atom. The highest BCUT2D eigenvalue weighted by molar-refractivity contribution is 6.01. The van der Waals surface area contributed by atoms with Crippen LogP contribution in [0.3, 0.4) is 0 Å². The Bertz CT molecular complexity index is 951. The van der Waals surface area contributed by atoms with E-state index in [-0.39, 0.29) is 30.3 Å². The van der Waals surface area contributed by atoms with E-state index >= 15 is 0 Å². The van der Waals surface area contributed by atoms with Gasteiger partial charge in [0.15, 0.2) is 6.61 Å². The van der Waals surface area contributed by atoms with E-state index in [4.69, 9.17) is 4.74 Å². The molecule has 1 heterocycles. The van der Waals surface area contributed by atoms with Gasteiger partial charge in [-0.2, -0.15) is 0 Å². The van der Waals surface area contributed by atoms with Gasteiger partial charge in [0.1, 0.15) is 0 Å². The van der Waals surface area contributed by atoms with Crippen LogP contribution in [-0.4, -0.2) is 23.5 Å². The van der Waals surface area contributed by atoms with Crippen LogP contribution in [0.4, 0.5) is 5.69 Å². The molecule has 0 saturated carbocycles.